The maximum atomic E-state index is 12.8. The van der Waals surface area contributed by atoms with E-state index in [1.807, 2.05) is 19.1 Å². The van der Waals surface area contributed by atoms with E-state index >= 15 is 0 Å². The van der Waals surface area contributed by atoms with Crippen molar-refractivity contribution in [2.24, 2.45) is 5.92 Å². The average Bonchev–Trinajstić information content (AvgIpc) is 2.78. The summed E-state index contributed by atoms with van der Waals surface area (Å²) in [4.78, 5) is 24.9. The lowest BCUT2D eigenvalue weighted by molar-refractivity contribution is -0.126. The molecule has 154 valence electrons. The van der Waals surface area contributed by atoms with E-state index < -0.39 is 27.8 Å². The van der Waals surface area contributed by atoms with Gasteiger partial charge in [-0.1, -0.05) is 37.3 Å². The number of carbonyl (C=O) groups excluding carboxylic acids is 2. The Balaban J connectivity index is 1.58. The number of nitrogens with zero attached hydrogens (tertiary/aromatic N) is 1. The molecule has 0 radical (unpaired) electrons. The minimum Gasteiger partial charge on any atom is -0.273 e. The summed E-state index contributed by atoms with van der Waals surface area (Å²) in [6.07, 6.45) is 2.02. The van der Waals surface area contributed by atoms with Crippen molar-refractivity contribution in [3.63, 3.8) is 0 Å². The van der Waals surface area contributed by atoms with E-state index in [1.54, 1.807) is 42.5 Å². The van der Waals surface area contributed by atoms with Crippen molar-refractivity contribution in [3.05, 3.63) is 65.7 Å². The van der Waals surface area contributed by atoms with Gasteiger partial charge in [0.25, 0.3) is 5.91 Å². The number of aryl methyl sites for hydroxylation is 1. The molecule has 1 fully saturated rings. The van der Waals surface area contributed by atoms with Crippen LogP contribution >= 0.6 is 0 Å². The normalized spacial score (nSPS) is 17.5. The molecule has 1 aliphatic rings. The van der Waals surface area contributed by atoms with E-state index in [1.165, 1.54) is 4.31 Å². The summed E-state index contributed by atoms with van der Waals surface area (Å²) in [5, 5.41) is 0. The standard InChI is InChI=1S/C21H25N3O4S/c1-2-16-10-12-17(13-11-16)20(25)22-23-21(26)18-7-6-14-24(15-18)29(27,28)19-8-4-3-5-9-19/h3-5,8-13,18H,2,6-7,14-15H2,1H3,(H,22,25)(H,23,26). The molecule has 0 saturated carbocycles. The topological polar surface area (TPSA) is 95.6 Å². The van der Waals surface area contributed by atoms with Crippen LogP contribution in [-0.4, -0.2) is 37.6 Å². The molecule has 0 spiro atoms. The molecule has 1 saturated heterocycles. The molecule has 0 aliphatic carbocycles. The molecule has 1 heterocycles. The molecule has 2 N–H and O–H groups in total. The number of benzene rings is 2. The Kier molecular flexibility index (Phi) is 6.66. The number of piperidine rings is 1. The first-order chi connectivity index (χ1) is 13.9. The van der Waals surface area contributed by atoms with Crippen LogP contribution in [-0.2, 0) is 21.2 Å². The average molecular weight is 416 g/mol. The maximum absolute atomic E-state index is 12.8. The van der Waals surface area contributed by atoms with E-state index in [4.69, 9.17) is 0 Å². The second kappa shape index (κ2) is 9.19. The summed E-state index contributed by atoms with van der Waals surface area (Å²) in [5.41, 5.74) is 6.41. The highest BCUT2D eigenvalue weighted by Crippen LogP contribution is 2.23. The summed E-state index contributed by atoms with van der Waals surface area (Å²) in [6.45, 7) is 2.49. The van der Waals surface area contributed by atoms with Gasteiger partial charge in [-0.3, -0.25) is 20.4 Å². The van der Waals surface area contributed by atoms with Gasteiger partial charge in [0.05, 0.1) is 10.8 Å². The Morgan fingerprint density at radius 2 is 1.72 bits per heavy atom. The van der Waals surface area contributed by atoms with Crippen molar-refractivity contribution in [1.29, 1.82) is 0 Å². The molecule has 29 heavy (non-hydrogen) atoms. The molecule has 3 rings (SSSR count). The summed E-state index contributed by atoms with van der Waals surface area (Å²) >= 11 is 0. The number of amides is 2. The highest BCUT2D eigenvalue weighted by atomic mass is 32.2. The lowest BCUT2D eigenvalue weighted by Gasteiger charge is -2.31. The Morgan fingerprint density at radius 3 is 2.38 bits per heavy atom. The van der Waals surface area contributed by atoms with Gasteiger partial charge in [0, 0.05) is 18.7 Å². The predicted octanol–water partition coefficient (Wildman–Crippen LogP) is 2.11. The fourth-order valence-corrected chi connectivity index (χ4v) is 4.85. The van der Waals surface area contributed by atoms with Crippen LogP contribution in [0.5, 0.6) is 0 Å². The zero-order valence-corrected chi connectivity index (χ0v) is 17.1. The van der Waals surface area contributed by atoms with E-state index in [2.05, 4.69) is 10.9 Å². The minimum absolute atomic E-state index is 0.0874. The molecular weight excluding hydrogens is 390 g/mol. The van der Waals surface area contributed by atoms with E-state index in [0.29, 0.717) is 24.9 Å². The summed E-state index contributed by atoms with van der Waals surface area (Å²) in [6, 6.07) is 15.3. The molecule has 2 aromatic rings. The van der Waals surface area contributed by atoms with Crippen LogP contribution in [0.2, 0.25) is 0 Å². The fraction of sp³-hybridized carbons (Fsp3) is 0.333. The van der Waals surface area contributed by atoms with Gasteiger partial charge in [-0.2, -0.15) is 4.31 Å². The Bertz CT molecular complexity index is 959. The molecule has 1 unspecified atom stereocenters. The van der Waals surface area contributed by atoms with Crippen molar-refractivity contribution in [1.82, 2.24) is 15.2 Å². The van der Waals surface area contributed by atoms with Gasteiger partial charge in [-0.15, -0.1) is 0 Å². The van der Waals surface area contributed by atoms with E-state index in [-0.39, 0.29) is 11.4 Å². The fourth-order valence-electron chi connectivity index (χ4n) is 3.30. The highest BCUT2D eigenvalue weighted by molar-refractivity contribution is 7.89. The number of sulfonamides is 1. The molecule has 1 atom stereocenters. The van der Waals surface area contributed by atoms with Gasteiger partial charge in [0.15, 0.2) is 0 Å². The largest absolute Gasteiger partial charge is 0.273 e. The van der Waals surface area contributed by atoms with Gasteiger partial charge < -0.3 is 0 Å². The minimum atomic E-state index is -3.64. The Morgan fingerprint density at radius 1 is 1.03 bits per heavy atom. The molecule has 7 nitrogen and oxygen atoms in total. The number of rotatable bonds is 5. The van der Waals surface area contributed by atoms with Gasteiger partial charge in [-0.25, -0.2) is 8.42 Å². The Hall–Kier alpha value is -2.71. The van der Waals surface area contributed by atoms with Crippen LogP contribution in [0.4, 0.5) is 0 Å². The van der Waals surface area contributed by atoms with Crippen molar-refractivity contribution >= 4 is 21.8 Å². The highest BCUT2D eigenvalue weighted by Gasteiger charge is 2.33. The van der Waals surface area contributed by atoms with Crippen LogP contribution in [0.1, 0.15) is 35.7 Å². The van der Waals surface area contributed by atoms with Crippen LogP contribution in [0.3, 0.4) is 0 Å². The van der Waals surface area contributed by atoms with Crippen molar-refractivity contribution in [3.8, 4) is 0 Å². The molecule has 2 aromatic carbocycles. The second-order valence-corrected chi connectivity index (χ2v) is 8.95. The van der Waals surface area contributed by atoms with Crippen molar-refractivity contribution in [2.75, 3.05) is 13.1 Å². The van der Waals surface area contributed by atoms with Crippen molar-refractivity contribution < 1.29 is 18.0 Å². The number of carbonyl (C=O) groups is 2. The molecular formula is C21H25N3O4S. The predicted molar refractivity (Wildman–Crippen MR) is 109 cm³/mol. The zero-order valence-electron chi connectivity index (χ0n) is 16.3. The van der Waals surface area contributed by atoms with Crippen LogP contribution in [0.15, 0.2) is 59.5 Å². The first-order valence-corrected chi connectivity index (χ1v) is 11.1. The summed E-state index contributed by atoms with van der Waals surface area (Å²) in [5.74, 6) is -1.33. The van der Waals surface area contributed by atoms with E-state index in [0.717, 1.165) is 12.0 Å². The Labute approximate surface area is 171 Å². The second-order valence-electron chi connectivity index (χ2n) is 7.01. The number of hydrazine groups is 1. The van der Waals surface area contributed by atoms with Gasteiger partial charge in [0.1, 0.15) is 0 Å². The van der Waals surface area contributed by atoms with Gasteiger partial charge >= 0.3 is 0 Å². The lowest BCUT2D eigenvalue weighted by atomic mass is 9.99. The van der Waals surface area contributed by atoms with Crippen molar-refractivity contribution in [2.45, 2.75) is 31.1 Å². The molecule has 0 aromatic heterocycles. The molecule has 8 heteroatoms. The van der Waals surface area contributed by atoms with Gasteiger partial charge in [0.2, 0.25) is 15.9 Å². The van der Waals surface area contributed by atoms with Crippen LogP contribution < -0.4 is 10.9 Å². The first-order valence-electron chi connectivity index (χ1n) is 9.66. The lowest BCUT2D eigenvalue weighted by Crippen LogP contribution is -2.50. The smallest absolute Gasteiger partial charge is 0.269 e. The summed E-state index contributed by atoms with van der Waals surface area (Å²) in [7, 11) is -3.64. The number of nitrogens with one attached hydrogen (secondary N) is 2. The maximum Gasteiger partial charge on any atom is 0.269 e. The number of hydrogen-bond acceptors (Lipinski definition) is 4. The monoisotopic (exact) mass is 415 g/mol. The zero-order chi connectivity index (χ0) is 20.9. The van der Waals surface area contributed by atoms with E-state index in [9.17, 15) is 18.0 Å². The third kappa shape index (κ3) is 5.02. The van der Waals surface area contributed by atoms with Crippen LogP contribution in [0.25, 0.3) is 0 Å². The third-order valence-electron chi connectivity index (χ3n) is 5.06. The third-order valence-corrected chi connectivity index (χ3v) is 6.94. The number of hydrogen-bond donors (Lipinski definition) is 2. The molecule has 0 bridgehead atoms. The van der Waals surface area contributed by atoms with Gasteiger partial charge in [-0.05, 0) is 49.1 Å². The molecule has 2 amide bonds. The quantitative estimate of drug-likeness (QED) is 0.731. The van der Waals surface area contributed by atoms with Crippen LogP contribution in [0, 0.1) is 5.92 Å². The summed E-state index contributed by atoms with van der Waals surface area (Å²) < 4.78 is 26.9. The SMILES string of the molecule is CCc1ccc(C(=O)NNC(=O)C2CCCN(S(=O)(=O)c3ccccc3)C2)cc1. The first kappa shape index (κ1) is 21.0. The molecule has 1 aliphatic heterocycles.